The monoisotopic (exact) mass is 281 g/mol. The number of hydrogen-bond donors (Lipinski definition) is 1. The summed E-state index contributed by atoms with van der Waals surface area (Å²) in [7, 11) is 0. The lowest BCUT2D eigenvalue weighted by Crippen LogP contribution is -2.34. The molecule has 0 spiro atoms. The number of rotatable bonds is 4. The molecule has 2 aromatic carbocycles. The second-order valence-corrected chi connectivity index (χ2v) is 5.54. The van der Waals surface area contributed by atoms with E-state index in [2.05, 4.69) is 29.6 Å². The Balaban J connectivity index is 1.87. The van der Waals surface area contributed by atoms with Crippen molar-refractivity contribution in [2.75, 3.05) is 0 Å². The van der Waals surface area contributed by atoms with Gasteiger partial charge in [0.2, 0.25) is 0 Å². The summed E-state index contributed by atoms with van der Waals surface area (Å²) in [6, 6.07) is 17.8. The van der Waals surface area contributed by atoms with E-state index in [0.29, 0.717) is 6.04 Å². The van der Waals surface area contributed by atoms with Crippen LogP contribution in [0.1, 0.15) is 36.4 Å². The third-order valence-electron chi connectivity index (χ3n) is 4.01. The van der Waals surface area contributed by atoms with Crippen LogP contribution in [0, 0.1) is 5.82 Å². The second kappa shape index (κ2) is 6.68. The molecule has 0 fully saturated rings. The Morgan fingerprint density at radius 1 is 0.905 bits per heavy atom. The molecule has 1 N–H and O–H groups in total. The van der Waals surface area contributed by atoms with Crippen LogP contribution in [0.25, 0.3) is 0 Å². The Labute approximate surface area is 125 Å². The van der Waals surface area contributed by atoms with Gasteiger partial charge < -0.3 is 5.32 Å². The summed E-state index contributed by atoms with van der Waals surface area (Å²) in [5, 5.41) is 3.73. The van der Waals surface area contributed by atoms with Crippen LogP contribution in [-0.4, -0.2) is 6.04 Å². The minimum atomic E-state index is -0.189. The first kappa shape index (κ1) is 14.0. The summed E-state index contributed by atoms with van der Waals surface area (Å²) in [5.74, 6) is -0.189. The molecule has 0 saturated carbocycles. The zero-order valence-electron chi connectivity index (χ0n) is 12.0. The van der Waals surface area contributed by atoms with Gasteiger partial charge in [-0.15, -0.1) is 0 Å². The molecule has 1 nitrogen and oxygen atoms in total. The van der Waals surface area contributed by atoms with E-state index in [1.807, 2.05) is 30.3 Å². The molecule has 0 heterocycles. The highest BCUT2D eigenvalue weighted by atomic mass is 19.1. The largest absolute Gasteiger partial charge is 0.303 e. The Kier molecular flexibility index (Phi) is 4.46. The van der Waals surface area contributed by atoms with Gasteiger partial charge in [-0.1, -0.05) is 54.6 Å². The molecule has 0 saturated heterocycles. The maximum Gasteiger partial charge on any atom is 0.123 e. The zero-order chi connectivity index (χ0) is 14.5. The van der Waals surface area contributed by atoms with E-state index in [-0.39, 0.29) is 11.9 Å². The minimum absolute atomic E-state index is 0.114. The molecule has 0 aromatic heterocycles. The van der Waals surface area contributed by atoms with Gasteiger partial charge >= 0.3 is 0 Å². The average Bonchev–Trinajstić information content (AvgIpc) is 2.55. The predicted octanol–water partition coefficient (Wildman–Crippen LogP) is 4.61. The molecule has 2 unspecified atom stereocenters. The van der Waals surface area contributed by atoms with Crippen LogP contribution >= 0.6 is 0 Å². The highest BCUT2D eigenvalue weighted by Gasteiger charge is 2.19. The molecule has 0 amide bonds. The van der Waals surface area contributed by atoms with Gasteiger partial charge in [-0.25, -0.2) is 4.39 Å². The number of halogens is 1. The number of benzene rings is 2. The van der Waals surface area contributed by atoms with Gasteiger partial charge in [-0.2, -0.15) is 0 Å². The van der Waals surface area contributed by atoms with Crippen molar-refractivity contribution in [2.24, 2.45) is 0 Å². The first-order valence-electron chi connectivity index (χ1n) is 7.54. The fourth-order valence-corrected chi connectivity index (χ4v) is 2.87. The average molecular weight is 281 g/mol. The van der Waals surface area contributed by atoms with Crippen molar-refractivity contribution in [2.45, 2.75) is 31.3 Å². The van der Waals surface area contributed by atoms with Gasteiger partial charge in [0.1, 0.15) is 5.82 Å². The second-order valence-electron chi connectivity index (χ2n) is 5.54. The van der Waals surface area contributed by atoms with Crippen molar-refractivity contribution in [3.05, 3.63) is 83.7 Å². The molecule has 0 aliphatic heterocycles. The summed E-state index contributed by atoms with van der Waals surface area (Å²) in [5.41, 5.74) is 2.33. The van der Waals surface area contributed by atoms with E-state index in [4.69, 9.17) is 0 Å². The van der Waals surface area contributed by atoms with E-state index < -0.39 is 0 Å². The molecule has 21 heavy (non-hydrogen) atoms. The maximum absolute atomic E-state index is 13.2. The van der Waals surface area contributed by atoms with E-state index >= 15 is 0 Å². The minimum Gasteiger partial charge on any atom is -0.303 e. The molecule has 3 rings (SSSR count). The van der Waals surface area contributed by atoms with Crippen LogP contribution in [0.2, 0.25) is 0 Å². The number of nitrogens with one attached hydrogen (secondary N) is 1. The standard InChI is InChI=1S/C19H20FN/c20-17-13-11-16(12-14-17)19(15-7-3-1-4-8-15)21-18-9-5-2-6-10-18/h1-5,7-8,11-14,18-19,21H,6,9-10H2. The van der Waals surface area contributed by atoms with Gasteiger partial charge in [-0.05, 0) is 42.5 Å². The molecular formula is C19H20FN. The van der Waals surface area contributed by atoms with Crippen molar-refractivity contribution in [1.82, 2.24) is 5.32 Å². The predicted molar refractivity (Wildman–Crippen MR) is 84.6 cm³/mol. The van der Waals surface area contributed by atoms with Gasteiger partial charge in [0.05, 0.1) is 6.04 Å². The van der Waals surface area contributed by atoms with E-state index in [1.54, 1.807) is 0 Å². The van der Waals surface area contributed by atoms with Crippen LogP contribution in [0.4, 0.5) is 4.39 Å². The molecule has 1 aliphatic carbocycles. The van der Waals surface area contributed by atoms with E-state index in [0.717, 1.165) is 24.8 Å². The van der Waals surface area contributed by atoms with E-state index in [1.165, 1.54) is 17.7 Å². The van der Waals surface area contributed by atoms with Gasteiger partial charge in [0.15, 0.2) is 0 Å². The Morgan fingerprint density at radius 2 is 1.62 bits per heavy atom. The summed E-state index contributed by atoms with van der Waals surface area (Å²) in [6.45, 7) is 0. The highest BCUT2D eigenvalue weighted by molar-refractivity contribution is 5.32. The van der Waals surface area contributed by atoms with E-state index in [9.17, 15) is 4.39 Å². The van der Waals surface area contributed by atoms with Crippen LogP contribution < -0.4 is 5.32 Å². The lowest BCUT2D eigenvalue weighted by atomic mass is 9.95. The molecule has 0 bridgehead atoms. The fourth-order valence-electron chi connectivity index (χ4n) is 2.87. The summed E-state index contributed by atoms with van der Waals surface area (Å²) < 4.78 is 13.2. The maximum atomic E-state index is 13.2. The highest BCUT2D eigenvalue weighted by Crippen LogP contribution is 2.25. The molecule has 108 valence electrons. The molecule has 2 aromatic rings. The van der Waals surface area contributed by atoms with Crippen molar-refractivity contribution in [1.29, 1.82) is 0 Å². The van der Waals surface area contributed by atoms with Crippen LogP contribution in [0.5, 0.6) is 0 Å². The molecule has 1 aliphatic rings. The smallest absolute Gasteiger partial charge is 0.123 e. The lowest BCUT2D eigenvalue weighted by Gasteiger charge is -2.27. The number of hydrogen-bond acceptors (Lipinski definition) is 1. The third-order valence-corrected chi connectivity index (χ3v) is 4.01. The first-order chi connectivity index (χ1) is 10.3. The molecular weight excluding hydrogens is 261 g/mol. The third kappa shape index (κ3) is 3.59. The summed E-state index contributed by atoms with van der Waals surface area (Å²) in [6.07, 6.45) is 7.83. The summed E-state index contributed by atoms with van der Waals surface area (Å²) in [4.78, 5) is 0. The molecule has 2 heteroatoms. The van der Waals surface area contributed by atoms with Crippen LogP contribution in [0.3, 0.4) is 0 Å². The zero-order valence-corrected chi connectivity index (χ0v) is 12.0. The Hall–Kier alpha value is -1.93. The SMILES string of the molecule is Fc1ccc(C(NC2CC=CCC2)c2ccccc2)cc1. The van der Waals surface area contributed by atoms with Gasteiger partial charge in [0.25, 0.3) is 0 Å². The molecule has 0 radical (unpaired) electrons. The van der Waals surface area contributed by atoms with Gasteiger partial charge in [0, 0.05) is 6.04 Å². The van der Waals surface area contributed by atoms with Gasteiger partial charge in [-0.3, -0.25) is 0 Å². The first-order valence-corrected chi connectivity index (χ1v) is 7.54. The van der Waals surface area contributed by atoms with Crippen molar-refractivity contribution in [3.8, 4) is 0 Å². The lowest BCUT2D eigenvalue weighted by molar-refractivity contribution is 0.439. The molecule has 2 atom stereocenters. The van der Waals surface area contributed by atoms with Crippen LogP contribution in [0.15, 0.2) is 66.7 Å². The van der Waals surface area contributed by atoms with Crippen molar-refractivity contribution >= 4 is 0 Å². The Bertz CT molecular complexity index is 589. The summed E-state index contributed by atoms with van der Waals surface area (Å²) >= 11 is 0. The topological polar surface area (TPSA) is 12.0 Å². The normalized spacial score (nSPS) is 19.4. The Morgan fingerprint density at radius 3 is 2.29 bits per heavy atom. The van der Waals surface area contributed by atoms with Crippen molar-refractivity contribution < 1.29 is 4.39 Å². The van der Waals surface area contributed by atoms with Crippen LogP contribution in [-0.2, 0) is 0 Å². The fraction of sp³-hybridized carbons (Fsp3) is 0.263. The quantitative estimate of drug-likeness (QED) is 0.807. The number of allylic oxidation sites excluding steroid dienone is 1. The van der Waals surface area contributed by atoms with Crippen molar-refractivity contribution in [3.63, 3.8) is 0 Å².